The van der Waals surface area contributed by atoms with Crippen molar-refractivity contribution in [3.63, 3.8) is 0 Å². The van der Waals surface area contributed by atoms with Gasteiger partial charge in [-0.05, 0) is 30.3 Å². The molecule has 22 heavy (non-hydrogen) atoms. The third-order valence-electron chi connectivity index (χ3n) is 3.19. The topological polar surface area (TPSA) is 102 Å². The Hall–Kier alpha value is -3.08. The molecule has 2 aromatic rings. The van der Waals surface area contributed by atoms with Crippen LogP contribution in [0.3, 0.4) is 0 Å². The first-order chi connectivity index (χ1) is 10.5. The number of rotatable bonds is 5. The molecule has 5 nitrogen and oxygen atoms in total. The van der Waals surface area contributed by atoms with Crippen molar-refractivity contribution in [1.29, 1.82) is 5.41 Å². The van der Waals surface area contributed by atoms with E-state index in [1.54, 1.807) is 55.6 Å². The van der Waals surface area contributed by atoms with Crippen LogP contribution in [0, 0.1) is 5.41 Å². The predicted octanol–water partition coefficient (Wildman–Crippen LogP) is 2.21. The van der Waals surface area contributed by atoms with Crippen molar-refractivity contribution in [3.8, 4) is 5.75 Å². The standard InChI is InChI=1S/C17H17N3O2/c1-22-12-8-6-11(7-9-12)17(20)14(10-16(19)21)13-4-2-3-5-15(13)18/h2-10,20H,18H2,1H3,(H2,19,21)/b14-10-,20-17?. The predicted molar refractivity (Wildman–Crippen MR) is 87.8 cm³/mol. The third kappa shape index (κ3) is 3.32. The van der Waals surface area contributed by atoms with Gasteiger partial charge in [-0.2, -0.15) is 0 Å². The molecule has 0 aromatic heterocycles. The Morgan fingerprint density at radius 3 is 2.32 bits per heavy atom. The number of methoxy groups -OCH3 is 1. The second-order valence-electron chi connectivity index (χ2n) is 4.65. The molecule has 2 aromatic carbocycles. The molecule has 0 radical (unpaired) electrons. The molecular formula is C17H17N3O2. The zero-order valence-corrected chi connectivity index (χ0v) is 12.2. The van der Waals surface area contributed by atoms with Crippen LogP contribution in [0.5, 0.6) is 5.75 Å². The number of benzene rings is 2. The molecule has 2 rings (SSSR count). The molecule has 0 saturated heterocycles. The van der Waals surface area contributed by atoms with Crippen LogP contribution in [-0.2, 0) is 4.79 Å². The highest BCUT2D eigenvalue weighted by atomic mass is 16.5. The van der Waals surface area contributed by atoms with E-state index < -0.39 is 5.91 Å². The molecule has 5 heteroatoms. The Labute approximate surface area is 128 Å². The summed E-state index contributed by atoms with van der Waals surface area (Å²) in [6.07, 6.45) is 1.22. The van der Waals surface area contributed by atoms with Gasteiger partial charge in [-0.1, -0.05) is 18.2 Å². The number of ether oxygens (including phenoxy) is 1. The minimum atomic E-state index is -0.628. The molecule has 0 spiro atoms. The van der Waals surface area contributed by atoms with Gasteiger partial charge < -0.3 is 16.2 Å². The summed E-state index contributed by atoms with van der Waals surface area (Å²) in [7, 11) is 1.57. The zero-order chi connectivity index (χ0) is 16.1. The average molecular weight is 295 g/mol. The van der Waals surface area contributed by atoms with Gasteiger partial charge in [0, 0.05) is 28.5 Å². The number of hydrogen-bond donors (Lipinski definition) is 3. The lowest BCUT2D eigenvalue weighted by Crippen LogP contribution is -2.12. The van der Waals surface area contributed by atoms with Crippen LogP contribution in [0.2, 0.25) is 0 Å². The smallest absolute Gasteiger partial charge is 0.242 e. The van der Waals surface area contributed by atoms with Gasteiger partial charge in [-0.15, -0.1) is 0 Å². The molecule has 1 amide bonds. The first kappa shape index (κ1) is 15.3. The van der Waals surface area contributed by atoms with Crippen LogP contribution in [0.15, 0.2) is 54.6 Å². The zero-order valence-electron chi connectivity index (χ0n) is 12.2. The first-order valence-corrected chi connectivity index (χ1v) is 6.62. The van der Waals surface area contributed by atoms with E-state index in [-0.39, 0.29) is 5.71 Å². The fourth-order valence-corrected chi connectivity index (χ4v) is 2.08. The van der Waals surface area contributed by atoms with Crippen LogP contribution in [-0.4, -0.2) is 18.7 Å². The number of nitrogen functional groups attached to an aromatic ring is 1. The van der Waals surface area contributed by atoms with Crippen molar-refractivity contribution in [2.75, 3.05) is 12.8 Å². The summed E-state index contributed by atoms with van der Waals surface area (Å²) in [6, 6.07) is 14.0. The monoisotopic (exact) mass is 295 g/mol. The molecule has 0 heterocycles. The highest BCUT2D eigenvalue weighted by Crippen LogP contribution is 2.25. The summed E-state index contributed by atoms with van der Waals surface area (Å²) < 4.78 is 5.10. The number of nitrogens with two attached hydrogens (primary N) is 2. The highest BCUT2D eigenvalue weighted by Gasteiger charge is 2.14. The SMILES string of the molecule is COc1ccc(C(=N)/C(=C\C(N)=O)c2ccccc2N)cc1. The molecule has 5 N–H and O–H groups in total. The van der Waals surface area contributed by atoms with E-state index in [9.17, 15) is 4.79 Å². The molecule has 0 aliphatic heterocycles. The van der Waals surface area contributed by atoms with Gasteiger partial charge in [0.25, 0.3) is 0 Å². The Balaban J connectivity index is 2.48. The first-order valence-electron chi connectivity index (χ1n) is 6.62. The Morgan fingerprint density at radius 1 is 1.14 bits per heavy atom. The van der Waals surface area contributed by atoms with E-state index in [0.717, 1.165) is 0 Å². The molecule has 0 fully saturated rings. The Bertz CT molecular complexity index is 734. The van der Waals surface area contributed by atoms with Gasteiger partial charge in [-0.3, -0.25) is 10.2 Å². The van der Waals surface area contributed by atoms with Crippen LogP contribution >= 0.6 is 0 Å². The minimum Gasteiger partial charge on any atom is -0.497 e. The fraction of sp³-hybridized carbons (Fsp3) is 0.0588. The number of anilines is 1. The normalized spacial score (nSPS) is 11.0. The molecule has 0 aliphatic rings. The Morgan fingerprint density at radius 2 is 1.77 bits per heavy atom. The quantitative estimate of drug-likeness (QED) is 0.447. The molecule has 112 valence electrons. The second kappa shape index (κ2) is 6.58. The van der Waals surface area contributed by atoms with Crippen molar-refractivity contribution >= 4 is 22.9 Å². The number of carbonyl (C=O) groups is 1. The van der Waals surface area contributed by atoms with Crippen LogP contribution < -0.4 is 16.2 Å². The van der Waals surface area contributed by atoms with Gasteiger partial charge >= 0.3 is 0 Å². The van der Waals surface area contributed by atoms with Gasteiger partial charge in [0.1, 0.15) is 5.75 Å². The number of carbonyl (C=O) groups excluding carboxylic acids is 1. The number of para-hydroxylation sites is 1. The van der Waals surface area contributed by atoms with E-state index in [0.29, 0.717) is 28.1 Å². The number of nitrogens with one attached hydrogen (secondary N) is 1. The van der Waals surface area contributed by atoms with Crippen LogP contribution in [0.1, 0.15) is 11.1 Å². The average Bonchev–Trinajstić information content (AvgIpc) is 2.52. The second-order valence-corrected chi connectivity index (χ2v) is 4.65. The van der Waals surface area contributed by atoms with E-state index in [1.807, 2.05) is 0 Å². The van der Waals surface area contributed by atoms with Crippen LogP contribution in [0.25, 0.3) is 5.57 Å². The molecule has 0 saturated carbocycles. The summed E-state index contributed by atoms with van der Waals surface area (Å²) in [5.41, 5.74) is 13.5. The third-order valence-corrected chi connectivity index (χ3v) is 3.19. The minimum absolute atomic E-state index is 0.166. The van der Waals surface area contributed by atoms with Gasteiger partial charge in [0.2, 0.25) is 5.91 Å². The van der Waals surface area contributed by atoms with Crippen molar-refractivity contribution in [2.45, 2.75) is 0 Å². The maximum atomic E-state index is 11.3. The largest absolute Gasteiger partial charge is 0.497 e. The number of hydrogen-bond acceptors (Lipinski definition) is 4. The highest BCUT2D eigenvalue weighted by molar-refractivity contribution is 6.33. The van der Waals surface area contributed by atoms with Crippen molar-refractivity contribution in [3.05, 3.63) is 65.7 Å². The number of amides is 1. The van der Waals surface area contributed by atoms with Crippen LogP contribution in [0.4, 0.5) is 5.69 Å². The van der Waals surface area contributed by atoms with E-state index in [1.165, 1.54) is 6.08 Å². The fourth-order valence-electron chi connectivity index (χ4n) is 2.08. The molecule has 0 unspecified atom stereocenters. The van der Waals surface area contributed by atoms with Gasteiger partial charge in [0.05, 0.1) is 12.8 Å². The molecule has 0 bridgehead atoms. The molecule has 0 atom stereocenters. The van der Waals surface area contributed by atoms with E-state index in [4.69, 9.17) is 21.6 Å². The lowest BCUT2D eigenvalue weighted by molar-refractivity contribution is -0.113. The summed E-state index contributed by atoms with van der Waals surface area (Å²) in [5.74, 6) is 0.0627. The summed E-state index contributed by atoms with van der Waals surface area (Å²) >= 11 is 0. The number of allylic oxidation sites excluding steroid dienone is 1. The number of primary amides is 1. The molecule has 0 aliphatic carbocycles. The summed E-state index contributed by atoms with van der Waals surface area (Å²) in [5, 5.41) is 8.37. The summed E-state index contributed by atoms with van der Waals surface area (Å²) in [4.78, 5) is 11.3. The maximum Gasteiger partial charge on any atom is 0.242 e. The lowest BCUT2D eigenvalue weighted by Gasteiger charge is -2.12. The molecular weight excluding hydrogens is 278 g/mol. The van der Waals surface area contributed by atoms with E-state index >= 15 is 0 Å². The lowest BCUT2D eigenvalue weighted by atomic mass is 9.94. The van der Waals surface area contributed by atoms with Crippen molar-refractivity contribution in [1.82, 2.24) is 0 Å². The maximum absolute atomic E-state index is 11.3. The summed E-state index contributed by atoms with van der Waals surface area (Å²) in [6.45, 7) is 0. The van der Waals surface area contributed by atoms with Gasteiger partial charge in [-0.25, -0.2) is 0 Å². The van der Waals surface area contributed by atoms with E-state index in [2.05, 4.69) is 0 Å². The van der Waals surface area contributed by atoms with Gasteiger partial charge in [0.15, 0.2) is 0 Å². The van der Waals surface area contributed by atoms with Crippen molar-refractivity contribution in [2.24, 2.45) is 5.73 Å². The van der Waals surface area contributed by atoms with Crippen molar-refractivity contribution < 1.29 is 9.53 Å². The Kier molecular flexibility index (Phi) is 4.58.